The van der Waals surface area contributed by atoms with E-state index in [0.29, 0.717) is 6.04 Å². The Kier molecular flexibility index (Phi) is 2.88. The number of hydrogen-bond donors (Lipinski definition) is 3. The van der Waals surface area contributed by atoms with Gasteiger partial charge in [-0.15, -0.1) is 0 Å². The summed E-state index contributed by atoms with van der Waals surface area (Å²) in [4.78, 5) is 6.76. The average Bonchev–Trinajstić information content (AvgIpc) is 2.62. The fraction of sp³-hybridized carbons (Fsp3) is 0.889. The Morgan fingerprint density at radius 2 is 2.21 bits per heavy atom. The molecule has 5 heteroatoms. The van der Waals surface area contributed by atoms with Crippen LogP contribution >= 0.6 is 0 Å². The van der Waals surface area contributed by atoms with Crippen LogP contribution in [0.15, 0.2) is 4.99 Å². The molecule has 0 aliphatic carbocycles. The smallest absolute Gasteiger partial charge is 0.213 e. The van der Waals surface area contributed by atoms with E-state index in [4.69, 9.17) is 10.9 Å². The second kappa shape index (κ2) is 4.14. The Bertz CT molecular complexity index is 231. The number of nitrogens with zero attached hydrogens (tertiary/aromatic N) is 2. The van der Waals surface area contributed by atoms with Gasteiger partial charge in [-0.2, -0.15) is 0 Å². The molecule has 0 bridgehead atoms. The highest BCUT2D eigenvalue weighted by Gasteiger charge is 2.35. The first-order chi connectivity index (χ1) is 6.81. The molecule has 5 nitrogen and oxygen atoms in total. The molecule has 0 amide bonds. The largest absolute Gasteiger partial charge is 0.368 e. The number of hydrogen-bond acceptors (Lipinski definition) is 3. The normalized spacial score (nSPS) is 34.2. The first-order valence-electron chi connectivity index (χ1n) is 5.28. The lowest BCUT2D eigenvalue weighted by Gasteiger charge is -2.30. The third kappa shape index (κ3) is 1.83. The zero-order chi connectivity index (χ0) is 9.97. The second-order valence-corrected chi connectivity index (χ2v) is 4.08. The van der Waals surface area contributed by atoms with Crippen LogP contribution in [-0.2, 0) is 0 Å². The fourth-order valence-corrected chi connectivity index (χ4v) is 2.58. The Morgan fingerprint density at radius 3 is 3.00 bits per heavy atom. The molecule has 2 unspecified atom stereocenters. The number of piperidine rings is 1. The standard InChI is InChI=1S/C9H18N4O/c10-9(12-14)11-7-4-6-13-5-2-1-3-8(7)13/h7-8,14H,1-6H2,(H3,10,11,12). The third-order valence-corrected chi connectivity index (χ3v) is 3.24. The first-order valence-corrected chi connectivity index (χ1v) is 5.28. The lowest BCUT2D eigenvalue weighted by atomic mass is 10.00. The van der Waals surface area contributed by atoms with Gasteiger partial charge >= 0.3 is 0 Å². The van der Waals surface area contributed by atoms with E-state index in [1.54, 1.807) is 0 Å². The molecule has 2 aliphatic rings. The maximum atomic E-state index is 8.57. The van der Waals surface area contributed by atoms with Gasteiger partial charge in [0.05, 0.1) is 6.04 Å². The summed E-state index contributed by atoms with van der Waals surface area (Å²) < 4.78 is 0. The summed E-state index contributed by atoms with van der Waals surface area (Å²) in [5.41, 5.74) is 7.34. The van der Waals surface area contributed by atoms with Crippen LogP contribution in [0.2, 0.25) is 0 Å². The summed E-state index contributed by atoms with van der Waals surface area (Å²) >= 11 is 0. The van der Waals surface area contributed by atoms with Crippen molar-refractivity contribution in [3.8, 4) is 0 Å². The molecule has 2 saturated heterocycles. The molecule has 2 rings (SSSR count). The van der Waals surface area contributed by atoms with Crippen molar-refractivity contribution in [3.05, 3.63) is 0 Å². The maximum Gasteiger partial charge on any atom is 0.213 e. The molecule has 2 fully saturated rings. The minimum atomic E-state index is 0.141. The van der Waals surface area contributed by atoms with Gasteiger partial charge in [0.2, 0.25) is 5.96 Å². The molecule has 4 N–H and O–H groups in total. The molecule has 14 heavy (non-hydrogen) atoms. The summed E-state index contributed by atoms with van der Waals surface area (Å²) in [7, 11) is 0. The molecule has 0 saturated carbocycles. The SMILES string of the molecule is NC(=NC1CCN2CCCCC12)NO. The highest BCUT2D eigenvalue weighted by atomic mass is 16.5. The highest BCUT2D eigenvalue weighted by Crippen LogP contribution is 2.28. The van der Waals surface area contributed by atoms with Gasteiger partial charge in [-0.3, -0.25) is 10.1 Å². The predicted octanol–water partition coefficient (Wildman–Crippen LogP) is -0.0933. The molecular formula is C9H18N4O. The van der Waals surface area contributed by atoms with Gasteiger partial charge in [0.15, 0.2) is 0 Å². The van der Waals surface area contributed by atoms with Gasteiger partial charge in [-0.1, -0.05) is 6.42 Å². The van der Waals surface area contributed by atoms with Gasteiger partial charge in [0.25, 0.3) is 0 Å². The van der Waals surface area contributed by atoms with Crippen molar-refractivity contribution in [2.45, 2.75) is 37.8 Å². The monoisotopic (exact) mass is 198 g/mol. The fourth-order valence-electron chi connectivity index (χ4n) is 2.58. The summed E-state index contributed by atoms with van der Waals surface area (Å²) in [5, 5.41) is 8.57. The van der Waals surface area contributed by atoms with Gasteiger partial charge in [0, 0.05) is 12.6 Å². The van der Waals surface area contributed by atoms with E-state index in [2.05, 4.69) is 9.89 Å². The molecular weight excluding hydrogens is 180 g/mol. The Balaban J connectivity index is 2.00. The minimum Gasteiger partial charge on any atom is -0.368 e. The second-order valence-electron chi connectivity index (χ2n) is 4.08. The molecule has 0 radical (unpaired) electrons. The number of aliphatic imine (C=N–C) groups is 1. The number of fused-ring (bicyclic) bond motifs is 1. The van der Waals surface area contributed by atoms with Crippen molar-refractivity contribution in [1.82, 2.24) is 10.4 Å². The summed E-state index contributed by atoms with van der Waals surface area (Å²) in [6, 6.07) is 0.825. The van der Waals surface area contributed by atoms with Crippen molar-refractivity contribution < 1.29 is 5.21 Å². The summed E-state index contributed by atoms with van der Waals surface area (Å²) in [6.45, 7) is 2.32. The molecule has 2 atom stereocenters. The molecule has 0 spiro atoms. The van der Waals surface area contributed by atoms with E-state index in [1.807, 2.05) is 5.48 Å². The third-order valence-electron chi connectivity index (χ3n) is 3.24. The van der Waals surface area contributed by atoms with Crippen molar-refractivity contribution in [1.29, 1.82) is 0 Å². The van der Waals surface area contributed by atoms with Crippen molar-refractivity contribution in [2.75, 3.05) is 13.1 Å². The van der Waals surface area contributed by atoms with Crippen LogP contribution in [0.25, 0.3) is 0 Å². The average molecular weight is 198 g/mol. The molecule has 0 aromatic rings. The number of hydroxylamine groups is 1. The predicted molar refractivity (Wildman–Crippen MR) is 54.2 cm³/mol. The lowest BCUT2D eigenvalue weighted by molar-refractivity contribution is 0.188. The van der Waals surface area contributed by atoms with Gasteiger partial charge in [-0.05, 0) is 25.8 Å². The topological polar surface area (TPSA) is 73.9 Å². The van der Waals surface area contributed by atoms with E-state index < -0.39 is 0 Å². The quantitative estimate of drug-likeness (QED) is 0.313. The Hall–Kier alpha value is -0.810. The van der Waals surface area contributed by atoms with E-state index in [9.17, 15) is 0 Å². The van der Waals surface area contributed by atoms with Crippen molar-refractivity contribution >= 4 is 5.96 Å². The van der Waals surface area contributed by atoms with Crippen LogP contribution in [-0.4, -0.2) is 41.2 Å². The summed E-state index contributed by atoms with van der Waals surface area (Å²) in [6.07, 6.45) is 4.88. The summed E-state index contributed by atoms with van der Waals surface area (Å²) in [5.74, 6) is 0.141. The van der Waals surface area contributed by atoms with Crippen LogP contribution in [0.5, 0.6) is 0 Å². The minimum absolute atomic E-state index is 0.141. The maximum absolute atomic E-state index is 8.57. The zero-order valence-corrected chi connectivity index (χ0v) is 8.32. The van der Waals surface area contributed by atoms with Crippen LogP contribution < -0.4 is 11.2 Å². The number of nitrogens with one attached hydrogen (secondary N) is 1. The van der Waals surface area contributed by atoms with E-state index in [-0.39, 0.29) is 12.0 Å². The van der Waals surface area contributed by atoms with Gasteiger partial charge in [0.1, 0.15) is 0 Å². The molecule has 0 aromatic carbocycles. The number of rotatable bonds is 1. The number of nitrogens with two attached hydrogens (primary N) is 1. The Morgan fingerprint density at radius 1 is 1.36 bits per heavy atom. The van der Waals surface area contributed by atoms with Crippen molar-refractivity contribution in [3.63, 3.8) is 0 Å². The van der Waals surface area contributed by atoms with Crippen LogP contribution in [0.3, 0.4) is 0 Å². The van der Waals surface area contributed by atoms with E-state index in [1.165, 1.54) is 25.8 Å². The zero-order valence-electron chi connectivity index (χ0n) is 8.32. The molecule has 0 aromatic heterocycles. The van der Waals surface area contributed by atoms with Crippen LogP contribution in [0.4, 0.5) is 0 Å². The van der Waals surface area contributed by atoms with E-state index >= 15 is 0 Å². The van der Waals surface area contributed by atoms with Gasteiger partial charge in [-0.25, -0.2) is 10.5 Å². The van der Waals surface area contributed by atoms with E-state index in [0.717, 1.165) is 13.0 Å². The van der Waals surface area contributed by atoms with Crippen LogP contribution in [0.1, 0.15) is 25.7 Å². The lowest BCUT2D eigenvalue weighted by Crippen LogP contribution is -2.40. The van der Waals surface area contributed by atoms with Crippen molar-refractivity contribution in [2.24, 2.45) is 10.7 Å². The van der Waals surface area contributed by atoms with Crippen LogP contribution in [0, 0.1) is 0 Å². The first kappa shape index (κ1) is 9.73. The highest BCUT2D eigenvalue weighted by molar-refractivity contribution is 5.76. The van der Waals surface area contributed by atoms with Gasteiger partial charge < -0.3 is 5.73 Å². The molecule has 2 heterocycles. The molecule has 80 valence electrons. The number of guanidine groups is 1. The molecule has 2 aliphatic heterocycles. The Labute approximate surface area is 83.9 Å².